The number of alkyl halides is 2. The average molecular weight is 411 g/mol. The van der Waals surface area contributed by atoms with Crippen LogP contribution >= 0.6 is 0 Å². The molecule has 3 atom stereocenters. The molecule has 2 N–H and O–H groups in total. The molecule has 1 aliphatic heterocycles. The number of hydrogen-bond acceptors (Lipinski definition) is 4. The summed E-state index contributed by atoms with van der Waals surface area (Å²) in [5, 5.41) is 6.69. The van der Waals surface area contributed by atoms with Gasteiger partial charge in [-0.05, 0) is 25.0 Å². The van der Waals surface area contributed by atoms with Crippen molar-refractivity contribution < 1.29 is 23.0 Å². The topological polar surface area (TPSA) is 64.1 Å². The van der Waals surface area contributed by atoms with Crippen LogP contribution in [0.2, 0.25) is 0 Å². The van der Waals surface area contributed by atoms with Gasteiger partial charge >= 0.3 is 6.61 Å². The van der Waals surface area contributed by atoms with Gasteiger partial charge in [0.1, 0.15) is 11.5 Å². The molecule has 6 nitrogen and oxygen atoms in total. The van der Waals surface area contributed by atoms with Crippen molar-refractivity contribution >= 4 is 5.96 Å². The number of nitrogens with zero attached hydrogens (tertiary/aromatic N) is 1. The molecule has 1 aromatic carbocycles. The zero-order valence-electron chi connectivity index (χ0n) is 17.5. The van der Waals surface area contributed by atoms with Crippen LogP contribution in [0.3, 0.4) is 0 Å². The standard InChI is InChI=1S/C21H31F2N3O3/c1-5-9-27-14-7-6-13(16(11-14)29-19(22)23)12-25-20(24-4)26-17-15-8-10-28-18(15)21(17,2)3/h6-7,11,15,17-19H,5,8-10,12H2,1-4H3,(H2,24,25,26). The highest BCUT2D eigenvalue weighted by Crippen LogP contribution is 2.52. The van der Waals surface area contributed by atoms with Crippen LogP contribution < -0.4 is 20.1 Å². The average Bonchev–Trinajstić information content (AvgIpc) is 3.14. The molecular weight excluding hydrogens is 380 g/mol. The molecule has 1 saturated carbocycles. The third kappa shape index (κ3) is 4.74. The molecule has 2 aliphatic rings. The molecule has 1 saturated heterocycles. The normalized spacial score (nSPS) is 25.3. The van der Waals surface area contributed by atoms with Gasteiger partial charge in [0.15, 0.2) is 5.96 Å². The molecule has 29 heavy (non-hydrogen) atoms. The molecule has 1 aromatic rings. The Bertz CT molecular complexity index is 727. The van der Waals surface area contributed by atoms with Crippen molar-refractivity contribution in [1.82, 2.24) is 10.6 Å². The van der Waals surface area contributed by atoms with E-state index in [-0.39, 0.29) is 23.3 Å². The number of ether oxygens (including phenoxy) is 3. The largest absolute Gasteiger partial charge is 0.493 e. The lowest BCUT2D eigenvalue weighted by atomic mass is 9.57. The van der Waals surface area contributed by atoms with E-state index in [1.165, 1.54) is 6.07 Å². The quantitative estimate of drug-likeness (QED) is 0.506. The first-order chi connectivity index (χ1) is 13.9. The van der Waals surface area contributed by atoms with Crippen LogP contribution in [0.1, 0.15) is 39.2 Å². The van der Waals surface area contributed by atoms with E-state index in [0.717, 1.165) is 19.4 Å². The summed E-state index contributed by atoms with van der Waals surface area (Å²) < 4.78 is 41.8. The third-order valence-electron chi connectivity index (χ3n) is 5.79. The summed E-state index contributed by atoms with van der Waals surface area (Å²) in [5.74, 6) is 1.71. The van der Waals surface area contributed by atoms with E-state index in [4.69, 9.17) is 14.2 Å². The van der Waals surface area contributed by atoms with Crippen molar-refractivity contribution in [2.75, 3.05) is 20.3 Å². The molecule has 0 radical (unpaired) electrons. The lowest BCUT2D eigenvalue weighted by Crippen LogP contribution is -2.67. The second kappa shape index (κ2) is 9.15. The third-order valence-corrected chi connectivity index (χ3v) is 5.79. The second-order valence-electron chi connectivity index (χ2n) is 8.11. The van der Waals surface area contributed by atoms with Crippen molar-refractivity contribution in [3.8, 4) is 11.5 Å². The van der Waals surface area contributed by atoms with Crippen LogP contribution in [-0.2, 0) is 11.3 Å². The number of nitrogens with one attached hydrogen (secondary N) is 2. The molecule has 1 aliphatic carbocycles. The highest BCUT2D eigenvalue weighted by molar-refractivity contribution is 5.80. The lowest BCUT2D eigenvalue weighted by Gasteiger charge is -2.54. The molecule has 162 valence electrons. The molecule has 3 unspecified atom stereocenters. The number of hydrogen-bond donors (Lipinski definition) is 2. The van der Waals surface area contributed by atoms with Gasteiger partial charge in [-0.1, -0.05) is 20.8 Å². The highest BCUT2D eigenvalue weighted by Gasteiger charge is 2.59. The van der Waals surface area contributed by atoms with Gasteiger partial charge in [-0.15, -0.1) is 0 Å². The molecule has 0 bridgehead atoms. The molecule has 0 spiro atoms. The Morgan fingerprint density at radius 2 is 2.17 bits per heavy atom. The van der Waals surface area contributed by atoms with Gasteiger partial charge in [0.05, 0.1) is 12.7 Å². The molecule has 8 heteroatoms. The first kappa shape index (κ1) is 21.6. The van der Waals surface area contributed by atoms with E-state index in [1.807, 2.05) is 6.92 Å². The molecule has 2 fully saturated rings. The monoisotopic (exact) mass is 411 g/mol. The van der Waals surface area contributed by atoms with Gasteiger partial charge in [0.2, 0.25) is 0 Å². The number of halogens is 2. The number of guanidine groups is 1. The van der Waals surface area contributed by atoms with E-state index in [2.05, 4.69) is 29.5 Å². The molecular formula is C21H31F2N3O3. The lowest BCUT2D eigenvalue weighted by molar-refractivity contribution is -0.106. The Hall–Kier alpha value is -2.09. The van der Waals surface area contributed by atoms with Crippen LogP contribution in [0.15, 0.2) is 23.2 Å². The number of aliphatic imine (C=N–C) groups is 1. The van der Waals surface area contributed by atoms with Crippen LogP contribution in [-0.4, -0.2) is 45.0 Å². The minimum Gasteiger partial charge on any atom is -0.493 e. The Morgan fingerprint density at radius 3 is 2.86 bits per heavy atom. The predicted octanol–water partition coefficient (Wildman–Crippen LogP) is 3.56. The fraction of sp³-hybridized carbons (Fsp3) is 0.667. The number of fused-ring (bicyclic) bond motifs is 1. The van der Waals surface area contributed by atoms with E-state index in [0.29, 0.717) is 36.3 Å². The van der Waals surface area contributed by atoms with Gasteiger partial charge in [0, 0.05) is 49.2 Å². The summed E-state index contributed by atoms with van der Waals surface area (Å²) in [6.45, 7) is 5.07. The van der Waals surface area contributed by atoms with E-state index >= 15 is 0 Å². The predicted molar refractivity (Wildman–Crippen MR) is 108 cm³/mol. The molecule has 3 rings (SSSR count). The first-order valence-corrected chi connectivity index (χ1v) is 10.2. The Morgan fingerprint density at radius 1 is 1.38 bits per heavy atom. The minimum atomic E-state index is -2.90. The van der Waals surface area contributed by atoms with Gasteiger partial charge < -0.3 is 24.8 Å². The Balaban J connectivity index is 1.64. The van der Waals surface area contributed by atoms with Gasteiger partial charge in [-0.2, -0.15) is 8.78 Å². The van der Waals surface area contributed by atoms with Crippen molar-refractivity contribution in [2.24, 2.45) is 16.3 Å². The van der Waals surface area contributed by atoms with Gasteiger partial charge in [0.25, 0.3) is 0 Å². The Labute approximate surface area is 171 Å². The zero-order chi connectivity index (χ0) is 21.0. The SMILES string of the molecule is CCCOc1ccc(CNC(=NC)NC2C3CCOC3C2(C)C)c(OC(F)F)c1. The Kier molecular flexibility index (Phi) is 6.82. The van der Waals surface area contributed by atoms with Crippen molar-refractivity contribution in [1.29, 1.82) is 0 Å². The van der Waals surface area contributed by atoms with Gasteiger partial charge in [-0.3, -0.25) is 4.99 Å². The van der Waals surface area contributed by atoms with E-state index in [1.54, 1.807) is 19.2 Å². The smallest absolute Gasteiger partial charge is 0.387 e. The van der Waals surface area contributed by atoms with Crippen LogP contribution in [0.4, 0.5) is 8.78 Å². The summed E-state index contributed by atoms with van der Waals surface area (Å²) >= 11 is 0. The van der Waals surface area contributed by atoms with Crippen molar-refractivity contribution in [2.45, 2.75) is 58.9 Å². The summed E-state index contributed by atoms with van der Waals surface area (Å²) in [7, 11) is 1.70. The molecule has 0 amide bonds. The number of benzene rings is 1. The number of rotatable bonds is 8. The van der Waals surface area contributed by atoms with Crippen LogP contribution in [0, 0.1) is 11.3 Å². The van der Waals surface area contributed by atoms with E-state index in [9.17, 15) is 8.78 Å². The maximum atomic E-state index is 12.9. The summed E-state index contributed by atoms with van der Waals surface area (Å²) in [6.07, 6.45) is 2.15. The summed E-state index contributed by atoms with van der Waals surface area (Å²) in [4.78, 5) is 4.29. The maximum absolute atomic E-state index is 12.9. The zero-order valence-corrected chi connectivity index (χ0v) is 17.5. The van der Waals surface area contributed by atoms with Gasteiger partial charge in [-0.25, -0.2) is 0 Å². The van der Waals surface area contributed by atoms with Crippen molar-refractivity contribution in [3.05, 3.63) is 23.8 Å². The fourth-order valence-corrected chi connectivity index (χ4v) is 4.33. The summed E-state index contributed by atoms with van der Waals surface area (Å²) in [5.41, 5.74) is 0.619. The van der Waals surface area contributed by atoms with Crippen LogP contribution in [0.5, 0.6) is 11.5 Å². The maximum Gasteiger partial charge on any atom is 0.387 e. The van der Waals surface area contributed by atoms with Crippen LogP contribution in [0.25, 0.3) is 0 Å². The van der Waals surface area contributed by atoms with E-state index < -0.39 is 6.61 Å². The first-order valence-electron chi connectivity index (χ1n) is 10.2. The fourth-order valence-electron chi connectivity index (χ4n) is 4.33. The minimum absolute atomic E-state index is 0.0149. The molecule has 0 aromatic heterocycles. The second-order valence-corrected chi connectivity index (χ2v) is 8.11. The summed E-state index contributed by atoms with van der Waals surface area (Å²) in [6, 6.07) is 5.25. The molecule has 1 heterocycles. The van der Waals surface area contributed by atoms with Crippen molar-refractivity contribution in [3.63, 3.8) is 0 Å². The highest BCUT2D eigenvalue weighted by atomic mass is 19.3.